The van der Waals surface area contributed by atoms with E-state index in [1.165, 1.54) is 18.2 Å². The predicted octanol–water partition coefficient (Wildman–Crippen LogP) is 4.80. The van der Waals surface area contributed by atoms with Gasteiger partial charge in [-0.05, 0) is 0 Å². The molecule has 132 valence electrons. The lowest BCUT2D eigenvalue weighted by Crippen LogP contribution is -2.44. The summed E-state index contributed by atoms with van der Waals surface area (Å²) >= 11 is 0. The normalized spacial score (nSPS) is 13.1. The van der Waals surface area contributed by atoms with Crippen LogP contribution in [0.5, 0.6) is 0 Å². The zero-order valence-corrected chi connectivity index (χ0v) is 11.8. The van der Waals surface area contributed by atoms with E-state index < -0.39 is 35.2 Å². The van der Waals surface area contributed by atoms with E-state index in [-0.39, 0.29) is 13.8 Å². The number of rotatable bonds is 4. The first kappa shape index (κ1) is 21.1. The van der Waals surface area contributed by atoms with Crippen LogP contribution in [0.3, 0.4) is 0 Å². The predicted molar refractivity (Wildman–Crippen MR) is 64.2 cm³/mol. The van der Waals surface area contributed by atoms with Crippen molar-refractivity contribution in [3.8, 4) is 0 Å². The van der Waals surface area contributed by atoms with Gasteiger partial charge in [-0.1, -0.05) is 30.3 Å². The highest BCUT2D eigenvalue weighted by molar-refractivity contribution is 5.76. The lowest BCUT2D eigenvalue weighted by Gasteiger charge is -2.23. The van der Waals surface area contributed by atoms with Crippen LogP contribution in [0.1, 0.15) is 19.4 Å². The van der Waals surface area contributed by atoms with Gasteiger partial charge in [0.2, 0.25) is 0 Å². The summed E-state index contributed by atoms with van der Waals surface area (Å²) < 4.78 is 97.3. The van der Waals surface area contributed by atoms with Gasteiger partial charge in [0, 0.05) is 19.4 Å². The smallest absolute Gasteiger partial charge is 0.403 e. The molecule has 0 aliphatic carbocycles. The number of aliphatic carboxylic acids is 1. The fourth-order valence-corrected chi connectivity index (χ4v) is 1.09. The molecule has 2 nitrogen and oxygen atoms in total. The molecule has 0 spiro atoms. The molecule has 1 aromatic rings. The van der Waals surface area contributed by atoms with Gasteiger partial charge in [-0.15, -0.1) is 0 Å². The van der Waals surface area contributed by atoms with E-state index in [2.05, 4.69) is 0 Å². The molecular formula is C13H12F8O2. The molecule has 0 saturated carbocycles. The Bertz CT molecular complexity index is 517. The third-order valence-electron chi connectivity index (χ3n) is 2.51. The zero-order valence-electron chi connectivity index (χ0n) is 11.8. The minimum atomic E-state index is -4.98. The van der Waals surface area contributed by atoms with Gasteiger partial charge in [-0.25, -0.2) is 4.79 Å². The third-order valence-corrected chi connectivity index (χ3v) is 2.51. The molecule has 0 unspecified atom stereocenters. The Morgan fingerprint density at radius 2 is 1.22 bits per heavy atom. The van der Waals surface area contributed by atoms with E-state index in [0.29, 0.717) is 0 Å². The summed E-state index contributed by atoms with van der Waals surface area (Å²) in [5, 5.41) is 7.55. The Balaban J connectivity index is 0.000000438. The van der Waals surface area contributed by atoms with Gasteiger partial charge in [-0.2, -0.15) is 35.1 Å². The van der Waals surface area contributed by atoms with Crippen molar-refractivity contribution < 1.29 is 45.0 Å². The van der Waals surface area contributed by atoms with Crippen LogP contribution >= 0.6 is 0 Å². The fraction of sp³-hybridized carbons (Fsp3) is 0.462. The minimum Gasteiger partial charge on any atom is -0.477 e. The summed E-state index contributed by atoms with van der Waals surface area (Å²) in [6.45, 7) is 0.0567. The molecule has 0 aliphatic rings. The maximum atomic E-state index is 12.9. The van der Waals surface area contributed by atoms with Crippen molar-refractivity contribution in [3.05, 3.63) is 35.9 Å². The Morgan fingerprint density at radius 1 is 0.826 bits per heavy atom. The largest absolute Gasteiger partial charge is 0.477 e. The molecule has 0 aliphatic heterocycles. The molecule has 0 radical (unpaired) electrons. The van der Waals surface area contributed by atoms with E-state index in [9.17, 15) is 39.9 Å². The van der Waals surface area contributed by atoms with E-state index in [1.807, 2.05) is 0 Å². The number of carbonyl (C=O) groups is 1. The van der Waals surface area contributed by atoms with Crippen molar-refractivity contribution in [2.24, 2.45) is 0 Å². The van der Waals surface area contributed by atoms with E-state index >= 15 is 0 Å². The molecule has 0 fully saturated rings. The molecule has 1 aromatic carbocycles. The van der Waals surface area contributed by atoms with Crippen LogP contribution in [0.25, 0.3) is 0 Å². The van der Waals surface area contributed by atoms with Crippen LogP contribution in [-0.2, 0) is 10.7 Å². The number of alkyl halides is 8. The second-order valence-corrected chi connectivity index (χ2v) is 4.60. The van der Waals surface area contributed by atoms with Gasteiger partial charge >= 0.3 is 29.7 Å². The van der Waals surface area contributed by atoms with Crippen LogP contribution < -0.4 is 0 Å². The number of hydrogen-bond acceptors (Lipinski definition) is 1. The zero-order chi connectivity index (χ0) is 18.7. The summed E-state index contributed by atoms with van der Waals surface area (Å²) in [7, 11) is 0. The third kappa shape index (κ3) is 5.07. The highest BCUT2D eigenvalue weighted by atomic mass is 19.3. The van der Waals surface area contributed by atoms with Crippen molar-refractivity contribution in [1.82, 2.24) is 0 Å². The van der Waals surface area contributed by atoms with Crippen molar-refractivity contribution in [2.75, 3.05) is 0 Å². The standard InChI is InChI=1S/C9H8F4.C4H4F4O2/c1-8(10,11)9(12,13)7-5-3-2-4-6-7;1-3(5,6)4(7,8)2(9)10/h2-6H,1H3;1H3,(H,9,10). The number of carboxylic acid groups (broad SMARTS) is 1. The number of carboxylic acids is 1. The van der Waals surface area contributed by atoms with Crippen LogP contribution in [0.4, 0.5) is 35.1 Å². The first-order valence-corrected chi connectivity index (χ1v) is 5.85. The SMILES string of the molecule is CC(F)(F)C(F)(F)C(=O)O.CC(F)(F)C(F)(F)c1ccccc1. The van der Waals surface area contributed by atoms with Crippen LogP contribution in [0.2, 0.25) is 0 Å². The second-order valence-electron chi connectivity index (χ2n) is 4.60. The highest BCUT2D eigenvalue weighted by Crippen LogP contribution is 2.42. The van der Waals surface area contributed by atoms with E-state index in [0.717, 1.165) is 12.1 Å². The maximum absolute atomic E-state index is 12.9. The molecule has 0 amide bonds. The Labute approximate surface area is 125 Å². The average molecular weight is 352 g/mol. The lowest BCUT2D eigenvalue weighted by atomic mass is 10.0. The van der Waals surface area contributed by atoms with Crippen molar-refractivity contribution >= 4 is 5.97 Å². The molecule has 1 N–H and O–H groups in total. The highest BCUT2D eigenvalue weighted by Gasteiger charge is 2.59. The Morgan fingerprint density at radius 3 is 1.43 bits per heavy atom. The van der Waals surface area contributed by atoms with E-state index in [1.54, 1.807) is 0 Å². The molecule has 10 heteroatoms. The van der Waals surface area contributed by atoms with E-state index in [4.69, 9.17) is 5.11 Å². The summed E-state index contributed by atoms with van der Waals surface area (Å²) in [6.07, 6.45) is 0. The van der Waals surface area contributed by atoms with Gasteiger partial charge in [-0.3, -0.25) is 0 Å². The van der Waals surface area contributed by atoms with Gasteiger partial charge < -0.3 is 5.11 Å². The first-order chi connectivity index (χ1) is 10.0. The number of hydrogen-bond donors (Lipinski definition) is 1. The molecular weight excluding hydrogens is 340 g/mol. The first-order valence-electron chi connectivity index (χ1n) is 5.85. The van der Waals surface area contributed by atoms with Crippen molar-refractivity contribution in [2.45, 2.75) is 37.5 Å². The number of halogens is 8. The molecule has 1 rings (SSSR count). The van der Waals surface area contributed by atoms with Gasteiger partial charge in [0.25, 0.3) is 0 Å². The Hall–Kier alpha value is -1.87. The summed E-state index contributed by atoms with van der Waals surface area (Å²) in [5.41, 5.74) is -0.664. The molecule has 0 aromatic heterocycles. The van der Waals surface area contributed by atoms with Crippen LogP contribution in [-0.4, -0.2) is 28.8 Å². The minimum absolute atomic E-state index is 0.152. The van der Waals surface area contributed by atoms with Gasteiger partial charge in [0.1, 0.15) is 0 Å². The van der Waals surface area contributed by atoms with Crippen LogP contribution in [0.15, 0.2) is 30.3 Å². The Kier molecular flexibility index (Phi) is 6.17. The topological polar surface area (TPSA) is 37.3 Å². The molecule has 0 atom stereocenters. The fourth-order valence-electron chi connectivity index (χ4n) is 1.09. The molecule has 0 saturated heterocycles. The summed E-state index contributed by atoms with van der Waals surface area (Å²) in [4.78, 5) is 9.44. The quantitative estimate of drug-likeness (QED) is 0.791. The lowest BCUT2D eigenvalue weighted by molar-refractivity contribution is -0.217. The molecule has 0 heterocycles. The van der Waals surface area contributed by atoms with Crippen molar-refractivity contribution in [3.63, 3.8) is 0 Å². The number of benzene rings is 1. The average Bonchev–Trinajstić information content (AvgIpc) is 2.37. The van der Waals surface area contributed by atoms with Crippen molar-refractivity contribution in [1.29, 1.82) is 0 Å². The molecule has 0 bridgehead atoms. The van der Waals surface area contributed by atoms with Crippen LogP contribution in [0, 0.1) is 0 Å². The van der Waals surface area contributed by atoms with Gasteiger partial charge in [0.05, 0.1) is 0 Å². The molecule has 23 heavy (non-hydrogen) atoms. The monoisotopic (exact) mass is 352 g/mol. The summed E-state index contributed by atoms with van der Waals surface area (Å²) in [6, 6.07) is 6.06. The summed E-state index contributed by atoms with van der Waals surface area (Å²) in [5.74, 6) is -20.4. The second kappa shape index (κ2) is 6.71. The van der Waals surface area contributed by atoms with Gasteiger partial charge in [0.15, 0.2) is 0 Å². The maximum Gasteiger partial charge on any atom is 0.403 e.